The van der Waals surface area contributed by atoms with Gasteiger partial charge in [-0.15, -0.1) is 0 Å². The molecule has 0 spiro atoms. The van der Waals surface area contributed by atoms with Crippen molar-refractivity contribution >= 4 is 18.1 Å². The van der Waals surface area contributed by atoms with Crippen LogP contribution in [0, 0.1) is 0 Å². The minimum atomic E-state index is -0.216. The van der Waals surface area contributed by atoms with E-state index in [4.69, 9.17) is 4.74 Å². The smallest absolute Gasteiger partial charge is 0.270 e. The number of hydrogen-bond acceptors (Lipinski definition) is 4. The summed E-state index contributed by atoms with van der Waals surface area (Å²) in [5.74, 6) is 1.04. The first-order valence-corrected chi connectivity index (χ1v) is 8.73. The maximum Gasteiger partial charge on any atom is 0.270 e. The third kappa shape index (κ3) is 5.51. The second kappa shape index (κ2) is 8.76. The Kier molecular flexibility index (Phi) is 5.94. The van der Waals surface area contributed by atoms with E-state index in [1.807, 2.05) is 62.4 Å². The molecule has 1 N–H and O–H groups in total. The quantitative estimate of drug-likeness (QED) is 0.700. The van der Waals surface area contributed by atoms with E-state index in [2.05, 4.69) is 15.3 Å². The predicted molar refractivity (Wildman–Crippen MR) is 107 cm³/mol. The summed E-state index contributed by atoms with van der Waals surface area (Å²) in [4.78, 5) is 20.2. The summed E-state index contributed by atoms with van der Waals surface area (Å²) in [6.45, 7) is 3.81. The molecule has 0 aliphatic carbocycles. The average Bonchev–Trinajstić information content (AvgIpc) is 2.68. The molecule has 5 heteroatoms. The van der Waals surface area contributed by atoms with Gasteiger partial charge in [-0.2, -0.15) is 0 Å². The molecule has 0 aliphatic rings. The van der Waals surface area contributed by atoms with E-state index in [9.17, 15) is 4.79 Å². The fourth-order valence-electron chi connectivity index (χ4n) is 2.39. The third-order valence-electron chi connectivity index (χ3n) is 3.67. The van der Waals surface area contributed by atoms with Crippen molar-refractivity contribution in [2.45, 2.75) is 19.9 Å². The van der Waals surface area contributed by atoms with Crippen LogP contribution in [0.25, 0.3) is 12.2 Å². The highest BCUT2D eigenvalue weighted by Gasteiger charge is 2.09. The van der Waals surface area contributed by atoms with Gasteiger partial charge in [-0.05, 0) is 55.3 Å². The number of nitrogens with one attached hydrogen (secondary N) is 1. The van der Waals surface area contributed by atoms with Crippen molar-refractivity contribution in [3.63, 3.8) is 0 Å². The highest BCUT2D eigenvalue weighted by molar-refractivity contribution is 5.92. The van der Waals surface area contributed by atoms with Crippen LogP contribution in [0.2, 0.25) is 0 Å². The fourth-order valence-corrected chi connectivity index (χ4v) is 2.39. The molecule has 0 saturated heterocycles. The molecular weight excluding hydrogens is 338 g/mol. The van der Waals surface area contributed by atoms with Gasteiger partial charge < -0.3 is 10.1 Å². The summed E-state index contributed by atoms with van der Waals surface area (Å²) in [5.41, 5.74) is 2.48. The van der Waals surface area contributed by atoms with Crippen LogP contribution in [0.1, 0.15) is 35.5 Å². The first-order valence-electron chi connectivity index (χ1n) is 8.73. The number of aromatic nitrogens is 2. The summed E-state index contributed by atoms with van der Waals surface area (Å²) < 4.78 is 5.84. The number of nitrogens with zero attached hydrogens (tertiary/aromatic N) is 2. The molecule has 136 valence electrons. The van der Waals surface area contributed by atoms with Gasteiger partial charge in [-0.3, -0.25) is 14.8 Å². The molecule has 0 saturated carbocycles. The number of hydrogen-bond donors (Lipinski definition) is 1. The Morgan fingerprint density at radius 3 is 2.26 bits per heavy atom. The van der Waals surface area contributed by atoms with Crippen molar-refractivity contribution in [1.29, 1.82) is 0 Å². The van der Waals surface area contributed by atoms with E-state index in [1.165, 1.54) is 0 Å². The lowest BCUT2D eigenvalue weighted by Gasteiger charge is -2.09. The van der Waals surface area contributed by atoms with Gasteiger partial charge in [0.05, 0.1) is 0 Å². The zero-order valence-corrected chi connectivity index (χ0v) is 15.3. The highest BCUT2D eigenvalue weighted by atomic mass is 16.5. The Morgan fingerprint density at radius 1 is 0.926 bits per heavy atom. The van der Waals surface area contributed by atoms with Crippen LogP contribution in [0.5, 0.6) is 11.5 Å². The van der Waals surface area contributed by atoms with Gasteiger partial charge in [-0.1, -0.05) is 24.3 Å². The van der Waals surface area contributed by atoms with Gasteiger partial charge in [0.1, 0.15) is 17.2 Å². The molecule has 1 amide bonds. The number of ether oxygens (including phenoxy) is 1. The van der Waals surface area contributed by atoms with Crippen molar-refractivity contribution in [3.8, 4) is 11.5 Å². The predicted octanol–water partition coefficient (Wildman–Crippen LogP) is 4.58. The summed E-state index contributed by atoms with van der Waals surface area (Å²) in [6.07, 6.45) is 9.15. The average molecular weight is 359 g/mol. The first kappa shape index (κ1) is 18.3. The summed E-state index contributed by atoms with van der Waals surface area (Å²) in [5, 5.41) is 2.82. The second-order valence-corrected chi connectivity index (χ2v) is 6.29. The van der Waals surface area contributed by atoms with Gasteiger partial charge >= 0.3 is 0 Å². The Labute approximate surface area is 158 Å². The lowest BCUT2D eigenvalue weighted by Crippen LogP contribution is -2.30. The number of pyridine rings is 2. The van der Waals surface area contributed by atoms with Crippen LogP contribution in [0.15, 0.2) is 67.1 Å². The lowest BCUT2D eigenvalue weighted by molar-refractivity contribution is 0.0937. The largest absolute Gasteiger partial charge is 0.457 e. The molecule has 3 rings (SSSR count). The molecule has 0 aliphatic heterocycles. The number of carbonyl (C=O) groups excluding carboxylic acids is 1. The minimum absolute atomic E-state index is 0.0524. The monoisotopic (exact) mass is 359 g/mol. The molecule has 2 aromatic heterocycles. The third-order valence-corrected chi connectivity index (χ3v) is 3.67. The maximum absolute atomic E-state index is 12.1. The van der Waals surface area contributed by atoms with Crippen LogP contribution < -0.4 is 10.1 Å². The van der Waals surface area contributed by atoms with Gasteiger partial charge in [0.25, 0.3) is 5.91 Å². The second-order valence-electron chi connectivity index (χ2n) is 6.29. The van der Waals surface area contributed by atoms with E-state index >= 15 is 0 Å². The van der Waals surface area contributed by atoms with Crippen molar-refractivity contribution in [3.05, 3.63) is 83.9 Å². The van der Waals surface area contributed by atoms with Crippen LogP contribution in [-0.2, 0) is 0 Å². The van der Waals surface area contributed by atoms with E-state index in [-0.39, 0.29) is 11.9 Å². The maximum atomic E-state index is 12.1. The van der Waals surface area contributed by atoms with Gasteiger partial charge in [0.15, 0.2) is 0 Å². The Bertz CT molecular complexity index is 920. The van der Waals surface area contributed by atoms with E-state index in [0.29, 0.717) is 17.2 Å². The molecule has 27 heavy (non-hydrogen) atoms. The highest BCUT2D eigenvalue weighted by Crippen LogP contribution is 2.22. The van der Waals surface area contributed by atoms with Gasteiger partial charge in [0.2, 0.25) is 0 Å². The normalized spacial score (nSPS) is 10.9. The zero-order chi connectivity index (χ0) is 19.1. The Hall–Kier alpha value is -3.47. The Balaban J connectivity index is 1.66. The van der Waals surface area contributed by atoms with Crippen molar-refractivity contribution in [1.82, 2.24) is 15.3 Å². The van der Waals surface area contributed by atoms with Gasteiger partial charge in [0, 0.05) is 30.7 Å². The SMILES string of the molecule is CC(C)NC(=O)c1cc(Oc2ccc(/C=C/c3ccncc3)cc2)ccn1. The zero-order valence-electron chi connectivity index (χ0n) is 15.3. The van der Waals surface area contributed by atoms with Crippen LogP contribution in [0.3, 0.4) is 0 Å². The topological polar surface area (TPSA) is 64.1 Å². The fraction of sp³-hybridized carbons (Fsp3) is 0.136. The van der Waals surface area contributed by atoms with Crippen molar-refractivity contribution < 1.29 is 9.53 Å². The molecule has 0 bridgehead atoms. The van der Waals surface area contributed by atoms with E-state index in [0.717, 1.165) is 11.1 Å². The number of rotatable bonds is 6. The van der Waals surface area contributed by atoms with Crippen LogP contribution >= 0.6 is 0 Å². The summed E-state index contributed by atoms with van der Waals surface area (Å²) in [7, 11) is 0. The molecule has 2 heterocycles. The summed E-state index contributed by atoms with van der Waals surface area (Å²) in [6, 6.07) is 15.0. The number of amides is 1. The molecule has 5 nitrogen and oxygen atoms in total. The molecule has 0 atom stereocenters. The molecule has 3 aromatic rings. The summed E-state index contributed by atoms with van der Waals surface area (Å²) >= 11 is 0. The first-order chi connectivity index (χ1) is 13.1. The lowest BCUT2D eigenvalue weighted by atomic mass is 10.1. The van der Waals surface area contributed by atoms with E-state index < -0.39 is 0 Å². The minimum Gasteiger partial charge on any atom is -0.457 e. The molecule has 1 aromatic carbocycles. The molecular formula is C22H21N3O2. The van der Waals surface area contributed by atoms with Crippen LogP contribution in [-0.4, -0.2) is 21.9 Å². The van der Waals surface area contributed by atoms with E-state index in [1.54, 1.807) is 30.7 Å². The molecule has 0 radical (unpaired) electrons. The Morgan fingerprint density at radius 2 is 1.59 bits per heavy atom. The van der Waals surface area contributed by atoms with Crippen molar-refractivity contribution in [2.75, 3.05) is 0 Å². The number of benzene rings is 1. The molecule has 0 fully saturated rings. The van der Waals surface area contributed by atoms with Crippen LogP contribution in [0.4, 0.5) is 0 Å². The number of carbonyl (C=O) groups is 1. The standard InChI is InChI=1S/C22H21N3O2/c1-16(2)25-22(26)21-15-20(11-14-24-21)27-19-7-5-17(6-8-19)3-4-18-9-12-23-13-10-18/h3-16H,1-2H3,(H,25,26)/b4-3+. The molecule has 0 unspecified atom stereocenters. The van der Waals surface area contributed by atoms with Gasteiger partial charge in [-0.25, -0.2) is 0 Å². The van der Waals surface area contributed by atoms with Crippen molar-refractivity contribution in [2.24, 2.45) is 0 Å².